The Kier molecular flexibility index (Phi) is 4.29. The molecular formula is C6H13IMg. The van der Waals surface area contributed by atoms with Gasteiger partial charge in [-0.1, -0.05) is 42.4 Å². The molecule has 0 radical (unpaired) electrons. The molecule has 8 heavy (non-hydrogen) atoms. The highest BCUT2D eigenvalue weighted by atomic mass is 127. The summed E-state index contributed by atoms with van der Waals surface area (Å²) in [7, 11) is 0. The van der Waals surface area contributed by atoms with E-state index >= 15 is 0 Å². The molecule has 0 aromatic heterocycles. The molecule has 0 amide bonds. The Bertz CT molecular complexity index is 62.9. The van der Waals surface area contributed by atoms with E-state index in [2.05, 4.69) is 29.5 Å². The van der Waals surface area contributed by atoms with Gasteiger partial charge in [0.25, 0.3) is 0 Å². The lowest BCUT2D eigenvalue weighted by atomic mass is 10.1. The van der Waals surface area contributed by atoms with E-state index < -0.39 is 0 Å². The first-order chi connectivity index (χ1) is 3.21. The number of hydrogen-bond acceptors (Lipinski definition) is 0. The van der Waals surface area contributed by atoms with Gasteiger partial charge in [-0.2, -0.15) is 0 Å². The predicted molar refractivity (Wildman–Crippen MR) is 49.4 cm³/mol. The zero-order valence-electron chi connectivity index (χ0n) is 4.71. The van der Waals surface area contributed by atoms with E-state index in [4.69, 9.17) is 0 Å². The fourth-order valence-corrected chi connectivity index (χ4v) is 1.87. The van der Waals surface area contributed by atoms with Crippen molar-refractivity contribution in [2.24, 2.45) is 0 Å². The monoisotopic (exact) mass is 236 g/mol. The Morgan fingerprint density at radius 1 is 1.25 bits per heavy atom. The van der Waals surface area contributed by atoms with Crippen LogP contribution in [0, 0.1) is 0 Å². The van der Waals surface area contributed by atoms with Crippen LogP contribution in [0.4, 0.5) is 0 Å². The van der Waals surface area contributed by atoms with Crippen LogP contribution in [-0.4, -0.2) is 26.5 Å². The largest absolute Gasteiger partial charge is 0.316 e. The number of hydrogen-bond donors (Lipinski definition) is 0. The van der Waals surface area contributed by atoms with Crippen LogP contribution in [0.25, 0.3) is 0 Å². The highest BCUT2D eigenvalue weighted by molar-refractivity contribution is 14.1. The fraction of sp³-hybridized carbons (Fsp3) is 1.00. The maximum Gasteiger partial charge on any atom is 0.316 e. The molecule has 0 saturated heterocycles. The van der Waals surface area contributed by atoms with Gasteiger partial charge in [-0.05, 0) is 12.8 Å². The summed E-state index contributed by atoms with van der Waals surface area (Å²) in [5.41, 5.74) is 0. The van der Waals surface area contributed by atoms with Crippen molar-refractivity contribution in [3.8, 4) is 0 Å². The summed E-state index contributed by atoms with van der Waals surface area (Å²) in [6, 6.07) is 0. The lowest BCUT2D eigenvalue weighted by Gasteiger charge is -2.11. The van der Waals surface area contributed by atoms with Gasteiger partial charge in [0.05, 0.1) is 0 Å². The first-order valence-corrected chi connectivity index (χ1v) is 3.97. The molecule has 46 valence electrons. The molecule has 0 N–H and O–H groups in total. The second-order valence-corrected chi connectivity index (χ2v) is 5.22. The topological polar surface area (TPSA) is 0 Å². The molecule has 0 aliphatic heterocycles. The highest BCUT2D eigenvalue weighted by Crippen LogP contribution is 2.36. The number of halogens is 1. The van der Waals surface area contributed by atoms with Crippen molar-refractivity contribution in [2.45, 2.75) is 36.0 Å². The van der Waals surface area contributed by atoms with E-state index in [9.17, 15) is 0 Å². The van der Waals surface area contributed by atoms with Gasteiger partial charge in [-0.25, -0.2) is 0 Å². The van der Waals surface area contributed by atoms with Crippen LogP contribution < -0.4 is 0 Å². The van der Waals surface area contributed by atoms with Crippen molar-refractivity contribution in [3.05, 3.63) is 0 Å². The van der Waals surface area contributed by atoms with Gasteiger partial charge in [0.1, 0.15) is 0 Å². The summed E-state index contributed by atoms with van der Waals surface area (Å²) in [5.74, 6) is 0. The zero-order valence-corrected chi connectivity index (χ0v) is 6.86. The summed E-state index contributed by atoms with van der Waals surface area (Å²) in [6.07, 6.45) is 5.79. The van der Waals surface area contributed by atoms with Gasteiger partial charge in [0.2, 0.25) is 0 Å². The predicted octanol–water partition coefficient (Wildman–Crippen LogP) is 1.84. The van der Waals surface area contributed by atoms with Gasteiger partial charge >= 0.3 is 23.1 Å². The van der Waals surface area contributed by atoms with Crippen LogP contribution in [0.5, 0.6) is 0 Å². The van der Waals surface area contributed by atoms with Crippen molar-refractivity contribution < 1.29 is 0 Å². The van der Waals surface area contributed by atoms with Crippen molar-refractivity contribution in [1.29, 1.82) is 0 Å². The Hall–Kier alpha value is 1.50. The Morgan fingerprint density at radius 2 is 1.62 bits per heavy atom. The molecule has 0 spiro atoms. The fourth-order valence-electron chi connectivity index (χ4n) is 1.11. The van der Waals surface area contributed by atoms with Gasteiger partial charge in [-0.15, -0.1) is 0 Å². The van der Waals surface area contributed by atoms with Gasteiger partial charge in [0.15, 0.2) is 0 Å². The summed E-state index contributed by atoms with van der Waals surface area (Å²) in [5, 5.41) is 0. The lowest BCUT2D eigenvalue weighted by molar-refractivity contribution is 0.709. The van der Waals surface area contributed by atoms with Crippen molar-refractivity contribution in [1.82, 2.24) is 0 Å². The second kappa shape index (κ2) is 3.61. The third-order valence-corrected chi connectivity index (χ3v) is 2.72. The van der Waals surface area contributed by atoms with Crippen LogP contribution in [0.2, 0.25) is 0 Å². The van der Waals surface area contributed by atoms with E-state index in [1.807, 2.05) is 0 Å². The number of alkyl halides is 1. The van der Waals surface area contributed by atoms with E-state index in [1.165, 1.54) is 25.7 Å². The van der Waals surface area contributed by atoms with Crippen LogP contribution in [0.3, 0.4) is 0 Å². The molecule has 1 rings (SSSR count). The van der Waals surface area contributed by atoms with E-state index in [-0.39, 0.29) is 23.1 Å². The lowest BCUT2D eigenvalue weighted by Crippen LogP contribution is -2.06. The number of rotatable bonds is 0. The standard InChI is InChI=1S/C6H11I.Mg.2H/c1-6(7)4-2-3-5-6;;;/h2-5H2,1H3;;;. The summed E-state index contributed by atoms with van der Waals surface area (Å²) >= 11 is 2.57. The molecule has 0 atom stereocenters. The second-order valence-electron chi connectivity index (χ2n) is 2.62. The molecule has 0 nitrogen and oxygen atoms in total. The van der Waals surface area contributed by atoms with Crippen LogP contribution in [0.1, 0.15) is 32.6 Å². The molecule has 0 heterocycles. The SMILES string of the molecule is CC1(I)CCCC1.[MgH2]. The maximum absolute atomic E-state index is 2.57. The molecule has 1 fully saturated rings. The van der Waals surface area contributed by atoms with Gasteiger partial charge < -0.3 is 0 Å². The van der Waals surface area contributed by atoms with Gasteiger partial charge in [0, 0.05) is 3.42 Å². The van der Waals surface area contributed by atoms with Crippen molar-refractivity contribution in [3.63, 3.8) is 0 Å². The first-order valence-electron chi connectivity index (χ1n) is 2.90. The zero-order chi connectivity index (χ0) is 5.33. The summed E-state index contributed by atoms with van der Waals surface area (Å²) in [6.45, 7) is 2.35. The van der Waals surface area contributed by atoms with E-state index in [0.717, 1.165) is 0 Å². The normalized spacial score (nSPS) is 24.8. The highest BCUT2D eigenvalue weighted by Gasteiger charge is 2.23. The minimum absolute atomic E-state index is 0. The Morgan fingerprint density at radius 3 is 1.75 bits per heavy atom. The van der Waals surface area contributed by atoms with Gasteiger partial charge in [-0.3, -0.25) is 0 Å². The molecular weight excluding hydrogens is 223 g/mol. The molecule has 1 saturated carbocycles. The summed E-state index contributed by atoms with van der Waals surface area (Å²) in [4.78, 5) is 0. The summed E-state index contributed by atoms with van der Waals surface area (Å²) < 4.78 is 0.664. The minimum Gasteiger partial charge on any atom is -0.0792 e. The first kappa shape index (κ1) is 9.50. The quantitative estimate of drug-likeness (QED) is 0.342. The third-order valence-electron chi connectivity index (χ3n) is 1.65. The Balaban J connectivity index is 0.000000490. The molecule has 0 aromatic rings. The van der Waals surface area contributed by atoms with Crippen molar-refractivity contribution >= 4 is 45.6 Å². The van der Waals surface area contributed by atoms with E-state index in [0.29, 0.717) is 3.42 Å². The smallest absolute Gasteiger partial charge is 0.0792 e. The Labute approximate surface area is 81.1 Å². The van der Waals surface area contributed by atoms with Crippen LogP contribution in [-0.2, 0) is 0 Å². The maximum atomic E-state index is 2.57. The average Bonchev–Trinajstić information content (AvgIpc) is 1.84. The molecule has 0 aromatic carbocycles. The van der Waals surface area contributed by atoms with Crippen LogP contribution >= 0.6 is 22.6 Å². The molecule has 0 bridgehead atoms. The average molecular weight is 236 g/mol. The minimum atomic E-state index is 0. The van der Waals surface area contributed by atoms with E-state index in [1.54, 1.807) is 0 Å². The van der Waals surface area contributed by atoms with Crippen molar-refractivity contribution in [2.75, 3.05) is 0 Å². The molecule has 1 aliphatic carbocycles. The molecule has 0 unspecified atom stereocenters. The molecule has 2 heteroatoms. The van der Waals surface area contributed by atoms with Crippen LogP contribution in [0.15, 0.2) is 0 Å². The molecule has 1 aliphatic rings. The third kappa shape index (κ3) is 2.87.